The van der Waals surface area contributed by atoms with Crippen molar-refractivity contribution in [1.82, 2.24) is 8.97 Å². The average molecular weight is 338 g/mol. The number of fused-ring (bicyclic) bond motifs is 1. The Morgan fingerprint density at radius 1 is 0.960 bits per heavy atom. The second kappa shape index (κ2) is 6.32. The lowest BCUT2D eigenvalue weighted by atomic mass is 9.97. The van der Waals surface area contributed by atoms with Crippen molar-refractivity contribution >= 4 is 23.2 Å². The first-order valence-corrected chi connectivity index (χ1v) is 7.61. The van der Waals surface area contributed by atoms with Gasteiger partial charge in [0.25, 0.3) is 0 Å². The lowest BCUT2D eigenvalue weighted by Crippen LogP contribution is -2.13. The highest BCUT2D eigenvalue weighted by molar-refractivity contribution is 6.10. The molecule has 2 heterocycles. The molecule has 0 bridgehead atoms. The molecule has 3 aromatic rings. The van der Waals surface area contributed by atoms with Gasteiger partial charge in [-0.2, -0.15) is 0 Å². The molecule has 2 aromatic heterocycles. The molecular formula is C19H18N2O4. The van der Waals surface area contributed by atoms with Crippen LogP contribution in [0.5, 0.6) is 0 Å². The SMILES string of the molecule is C=C(c1ccccc1)c1c(C(=O)OC)c(C(=O)OC)n2ccn(C)c12. The van der Waals surface area contributed by atoms with Gasteiger partial charge in [0, 0.05) is 25.0 Å². The van der Waals surface area contributed by atoms with E-state index in [1.165, 1.54) is 14.2 Å². The summed E-state index contributed by atoms with van der Waals surface area (Å²) in [6.45, 7) is 4.16. The number of esters is 2. The van der Waals surface area contributed by atoms with Gasteiger partial charge in [0.1, 0.15) is 16.9 Å². The molecule has 0 radical (unpaired) electrons. The van der Waals surface area contributed by atoms with Crippen molar-refractivity contribution in [3.8, 4) is 0 Å². The van der Waals surface area contributed by atoms with E-state index in [0.29, 0.717) is 16.8 Å². The van der Waals surface area contributed by atoms with Gasteiger partial charge in [-0.1, -0.05) is 36.9 Å². The molecule has 0 saturated carbocycles. The maximum atomic E-state index is 12.5. The molecule has 0 atom stereocenters. The summed E-state index contributed by atoms with van der Waals surface area (Å²) in [5.41, 5.74) is 2.94. The molecule has 0 aliphatic carbocycles. The molecule has 25 heavy (non-hydrogen) atoms. The van der Waals surface area contributed by atoms with Crippen LogP contribution in [0.3, 0.4) is 0 Å². The number of aromatic nitrogens is 2. The Morgan fingerprint density at radius 3 is 2.20 bits per heavy atom. The molecule has 0 aliphatic rings. The zero-order valence-electron chi connectivity index (χ0n) is 14.3. The number of carbonyl (C=O) groups excluding carboxylic acids is 2. The topological polar surface area (TPSA) is 61.9 Å². The molecule has 6 nitrogen and oxygen atoms in total. The van der Waals surface area contributed by atoms with Crippen molar-refractivity contribution in [1.29, 1.82) is 0 Å². The first kappa shape index (κ1) is 16.6. The number of imidazole rings is 1. The summed E-state index contributed by atoms with van der Waals surface area (Å²) in [5.74, 6) is -1.23. The fourth-order valence-electron chi connectivity index (χ4n) is 2.97. The number of benzene rings is 1. The van der Waals surface area contributed by atoms with Crippen LogP contribution in [0.4, 0.5) is 0 Å². The Bertz CT molecular complexity index is 980. The first-order valence-electron chi connectivity index (χ1n) is 7.61. The van der Waals surface area contributed by atoms with Crippen LogP contribution in [-0.4, -0.2) is 35.1 Å². The Balaban J connectivity index is 2.40. The van der Waals surface area contributed by atoms with Gasteiger partial charge in [-0.25, -0.2) is 9.59 Å². The van der Waals surface area contributed by atoms with Crippen molar-refractivity contribution in [2.75, 3.05) is 14.2 Å². The van der Waals surface area contributed by atoms with Crippen LogP contribution in [-0.2, 0) is 16.5 Å². The van der Waals surface area contributed by atoms with Crippen LogP contribution in [0.25, 0.3) is 11.2 Å². The minimum Gasteiger partial charge on any atom is -0.465 e. The third-order valence-electron chi connectivity index (χ3n) is 4.15. The van der Waals surface area contributed by atoms with Crippen molar-refractivity contribution in [3.63, 3.8) is 0 Å². The summed E-state index contributed by atoms with van der Waals surface area (Å²) < 4.78 is 13.3. The molecule has 1 aromatic carbocycles. The summed E-state index contributed by atoms with van der Waals surface area (Å²) in [6.07, 6.45) is 3.50. The predicted molar refractivity (Wildman–Crippen MR) is 93.6 cm³/mol. The maximum absolute atomic E-state index is 12.5. The lowest BCUT2D eigenvalue weighted by molar-refractivity contribution is 0.0550. The molecule has 0 amide bonds. The molecule has 6 heteroatoms. The van der Waals surface area contributed by atoms with Crippen molar-refractivity contribution in [3.05, 3.63) is 71.7 Å². The van der Waals surface area contributed by atoms with Crippen molar-refractivity contribution < 1.29 is 19.1 Å². The van der Waals surface area contributed by atoms with Gasteiger partial charge < -0.3 is 14.0 Å². The number of hydrogen-bond acceptors (Lipinski definition) is 4. The molecule has 0 spiro atoms. The number of nitrogens with zero attached hydrogens (tertiary/aromatic N) is 2. The van der Waals surface area contributed by atoms with E-state index in [4.69, 9.17) is 9.47 Å². The normalized spacial score (nSPS) is 10.7. The maximum Gasteiger partial charge on any atom is 0.356 e. The van der Waals surface area contributed by atoms with Gasteiger partial charge in [0.15, 0.2) is 0 Å². The van der Waals surface area contributed by atoms with E-state index in [1.54, 1.807) is 16.8 Å². The largest absolute Gasteiger partial charge is 0.465 e. The summed E-state index contributed by atoms with van der Waals surface area (Å²) in [4.78, 5) is 24.9. The number of aryl methyl sites for hydroxylation is 1. The Labute approximate surface area is 144 Å². The Hall–Kier alpha value is -3.28. The summed E-state index contributed by atoms with van der Waals surface area (Å²) in [6, 6.07) is 9.46. The lowest BCUT2D eigenvalue weighted by Gasteiger charge is -2.09. The molecular weight excluding hydrogens is 320 g/mol. The van der Waals surface area contributed by atoms with Gasteiger partial charge in [-0.05, 0) is 11.1 Å². The highest BCUT2D eigenvalue weighted by atomic mass is 16.5. The van der Waals surface area contributed by atoms with Gasteiger partial charge >= 0.3 is 11.9 Å². The van der Waals surface area contributed by atoms with E-state index in [-0.39, 0.29) is 11.3 Å². The van der Waals surface area contributed by atoms with Crippen LogP contribution < -0.4 is 0 Å². The van der Waals surface area contributed by atoms with Crippen LogP contribution in [0.2, 0.25) is 0 Å². The molecule has 3 rings (SSSR count). The van der Waals surface area contributed by atoms with Gasteiger partial charge in [0.05, 0.1) is 14.2 Å². The average Bonchev–Trinajstić information content (AvgIpc) is 3.18. The van der Waals surface area contributed by atoms with Gasteiger partial charge in [-0.3, -0.25) is 4.40 Å². The fraction of sp³-hybridized carbons (Fsp3) is 0.158. The zero-order chi connectivity index (χ0) is 18.1. The number of methoxy groups -OCH3 is 2. The molecule has 0 unspecified atom stereocenters. The van der Waals surface area contributed by atoms with E-state index < -0.39 is 11.9 Å². The second-order valence-electron chi connectivity index (χ2n) is 5.53. The minimum atomic E-state index is -0.617. The van der Waals surface area contributed by atoms with Crippen LogP contribution in [0.1, 0.15) is 32.0 Å². The number of carbonyl (C=O) groups is 2. The van der Waals surface area contributed by atoms with Crippen LogP contribution in [0, 0.1) is 0 Å². The molecule has 0 N–H and O–H groups in total. The minimum absolute atomic E-state index is 0.122. The van der Waals surface area contributed by atoms with Crippen molar-refractivity contribution in [2.24, 2.45) is 7.05 Å². The van der Waals surface area contributed by atoms with E-state index in [2.05, 4.69) is 6.58 Å². The highest BCUT2D eigenvalue weighted by Gasteiger charge is 2.32. The number of hydrogen-bond donors (Lipinski definition) is 0. The Kier molecular flexibility index (Phi) is 4.19. The molecule has 0 saturated heterocycles. The smallest absolute Gasteiger partial charge is 0.356 e. The zero-order valence-corrected chi connectivity index (χ0v) is 14.3. The predicted octanol–water partition coefficient (Wildman–Crippen LogP) is 2.91. The number of rotatable bonds is 4. The van der Waals surface area contributed by atoms with E-state index in [1.807, 2.05) is 41.9 Å². The second-order valence-corrected chi connectivity index (χ2v) is 5.53. The van der Waals surface area contributed by atoms with Gasteiger partial charge in [0.2, 0.25) is 0 Å². The summed E-state index contributed by atoms with van der Waals surface area (Å²) in [7, 11) is 4.39. The highest BCUT2D eigenvalue weighted by Crippen LogP contribution is 2.34. The number of ether oxygens (including phenoxy) is 2. The molecule has 0 fully saturated rings. The Morgan fingerprint density at radius 2 is 1.60 bits per heavy atom. The van der Waals surface area contributed by atoms with Crippen molar-refractivity contribution in [2.45, 2.75) is 0 Å². The fourth-order valence-corrected chi connectivity index (χ4v) is 2.97. The van der Waals surface area contributed by atoms with E-state index >= 15 is 0 Å². The monoisotopic (exact) mass is 338 g/mol. The third kappa shape index (κ3) is 2.52. The van der Waals surface area contributed by atoms with Crippen LogP contribution >= 0.6 is 0 Å². The van der Waals surface area contributed by atoms with E-state index in [0.717, 1.165) is 5.56 Å². The quantitative estimate of drug-likeness (QED) is 0.686. The van der Waals surface area contributed by atoms with Gasteiger partial charge in [-0.15, -0.1) is 0 Å². The van der Waals surface area contributed by atoms with Crippen LogP contribution in [0.15, 0.2) is 49.3 Å². The summed E-state index contributed by atoms with van der Waals surface area (Å²) in [5, 5.41) is 0. The first-order chi connectivity index (χ1) is 12.0. The molecule has 0 aliphatic heterocycles. The van der Waals surface area contributed by atoms with E-state index in [9.17, 15) is 9.59 Å². The molecule has 128 valence electrons. The standard InChI is InChI=1S/C19H18N2O4/c1-12(13-8-6-5-7-9-13)14-15(18(22)24-3)16(19(23)25-4)21-11-10-20(2)17(14)21/h5-11H,1H2,2-4H3. The summed E-state index contributed by atoms with van der Waals surface area (Å²) >= 11 is 0. The third-order valence-corrected chi connectivity index (χ3v) is 4.15.